The third kappa shape index (κ3) is 4.36. The van der Waals surface area contributed by atoms with Crippen molar-refractivity contribution in [2.75, 3.05) is 6.61 Å². The van der Waals surface area contributed by atoms with Crippen molar-refractivity contribution in [3.8, 4) is 0 Å². The van der Waals surface area contributed by atoms with Crippen molar-refractivity contribution in [3.63, 3.8) is 0 Å². The Morgan fingerprint density at radius 2 is 1.95 bits per heavy atom. The van der Waals surface area contributed by atoms with Gasteiger partial charge in [-0.25, -0.2) is 9.18 Å². The highest BCUT2D eigenvalue weighted by Crippen LogP contribution is 2.34. The van der Waals surface area contributed by atoms with Gasteiger partial charge in [0.25, 0.3) is 0 Å². The molecular weight excluding hydrogens is 311 g/mol. The zero-order valence-electron chi connectivity index (χ0n) is 12.3. The monoisotopic (exact) mass is 332 g/mol. The molecule has 118 valence electrons. The number of halogens is 1. The quantitative estimate of drug-likeness (QED) is 0.530. The van der Waals surface area contributed by atoms with Gasteiger partial charge in [0.05, 0.1) is 18.1 Å². The van der Waals surface area contributed by atoms with Crippen molar-refractivity contribution in [2.45, 2.75) is 57.0 Å². The summed E-state index contributed by atoms with van der Waals surface area (Å²) in [5, 5.41) is 0. The van der Waals surface area contributed by atoms with E-state index >= 15 is 0 Å². The summed E-state index contributed by atoms with van der Waals surface area (Å²) in [7, 11) is -1.01. The Morgan fingerprint density at radius 3 is 2.67 bits per heavy atom. The number of hydrogen-bond donors (Lipinski definition) is 0. The van der Waals surface area contributed by atoms with E-state index in [0.29, 0.717) is 17.9 Å². The van der Waals surface area contributed by atoms with Crippen LogP contribution in [0.1, 0.15) is 65.6 Å². The molecule has 0 spiro atoms. The van der Waals surface area contributed by atoms with Crippen LogP contribution in [0.15, 0.2) is 0 Å². The molecule has 6 heteroatoms. The molecule has 1 aromatic rings. The maximum atomic E-state index is 14.0. The summed E-state index contributed by atoms with van der Waals surface area (Å²) < 4.78 is 30.5. The highest BCUT2D eigenvalue weighted by atomic mass is 32.2. The molecule has 1 aliphatic rings. The summed E-state index contributed by atoms with van der Waals surface area (Å²) in [6, 6.07) is 0. The van der Waals surface area contributed by atoms with Gasteiger partial charge in [-0.3, -0.25) is 4.21 Å². The molecule has 1 atom stereocenters. The van der Waals surface area contributed by atoms with E-state index in [1.54, 1.807) is 0 Å². The normalized spacial score (nSPS) is 17.0. The SMILES string of the molecule is CCCCCCCCOC(=O)c1sc2c(c1F)CS(=O)C2. The lowest BCUT2D eigenvalue weighted by Gasteiger charge is -2.04. The number of unbranched alkanes of at least 4 members (excludes halogenated alkanes) is 5. The van der Waals surface area contributed by atoms with Crippen LogP contribution in [0.5, 0.6) is 0 Å². The van der Waals surface area contributed by atoms with E-state index in [9.17, 15) is 13.4 Å². The van der Waals surface area contributed by atoms with Crippen LogP contribution >= 0.6 is 11.3 Å². The van der Waals surface area contributed by atoms with Gasteiger partial charge in [-0.05, 0) is 6.42 Å². The Morgan fingerprint density at radius 1 is 1.24 bits per heavy atom. The Hall–Kier alpha value is -0.750. The lowest BCUT2D eigenvalue weighted by molar-refractivity contribution is 0.0498. The van der Waals surface area contributed by atoms with Gasteiger partial charge in [-0.15, -0.1) is 11.3 Å². The van der Waals surface area contributed by atoms with Gasteiger partial charge >= 0.3 is 5.97 Å². The molecule has 0 bridgehead atoms. The average molecular weight is 332 g/mol. The Bertz CT molecular complexity index is 525. The van der Waals surface area contributed by atoms with Gasteiger partial charge in [0, 0.05) is 21.2 Å². The summed E-state index contributed by atoms with van der Waals surface area (Å²) in [6.07, 6.45) is 6.68. The molecule has 2 heterocycles. The van der Waals surface area contributed by atoms with E-state index < -0.39 is 22.6 Å². The number of rotatable bonds is 8. The van der Waals surface area contributed by atoms with Crippen LogP contribution in [0.25, 0.3) is 0 Å². The fraction of sp³-hybridized carbons (Fsp3) is 0.667. The Kier molecular flexibility index (Phi) is 6.36. The van der Waals surface area contributed by atoms with Gasteiger partial charge < -0.3 is 4.74 Å². The number of thiophene rings is 1. The van der Waals surface area contributed by atoms with Gasteiger partial charge in [-0.2, -0.15) is 0 Å². The van der Waals surface area contributed by atoms with E-state index in [1.807, 2.05) is 0 Å². The summed E-state index contributed by atoms with van der Waals surface area (Å²) >= 11 is 1.09. The van der Waals surface area contributed by atoms with Gasteiger partial charge in [0.2, 0.25) is 0 Å². The third-order valence-electron chi connectivity index (χ3n) is 3.54. The van der Waals surface area contributed by atoms with Crippen molar-refractivity contribution in [1.29, 1.82) is 0 Å². The van der Waals surface area contributed by atoms with Crippen LogP contribution in [0.2, 0.25) is 0 Å². The van der Waals surface area contributed by atoms with Crippen LogP contribution in [0, 0.1) is 5.82 Å². The predicted molar refractivity (Wildman–Crippen MR) is 83.5 cm³/mol. The molecule has 1 aliphatic heterocycles. The summed E-state index contributed by atoms with van der Waals surface area (Å²) in [6.45, 7) is 2.52. The number of carbonyl (C=O) groups excluding carboxylic acids is 1. The topological polar surface area (TPSA) is 43.4 Å². The van der Waals surface area contributed by atoms with Crippen molar-refractivity contribution in [2.24, 2.45) is 0 Å². The van der Waals surface area contributed by atoms with E-state index in [2.05, 4.69) is 6.92 Å². The minimum absolute atomic E-state index is 0.0442. The smallest absolute Gasteiger partial charge is 0.351 e. The number of ether oxygens (including phenoxy) is 1. The van der Waals surface area contributed by atoms with Crippen molar-refractivity contribution < 1.29 is 18.1 Å². The first kappa shape index (κ1) is 16.6. The van der Waals surface area contributed by atoms with Crippen LogP contribution in [0.3, 0.4) is 0 Å². The standard InChI is InChI=1S/C15H21FO3S2/c1-2-3-4-5-6-7-8-19-15(17)14-13(16)11-9-21(18)10-12(11)20-14/h2-10H2,1H3. The van der Waals surface area contributed by atoms with Gasteiger partial charge in [0.15, 0.2) is 5.82 Å². The minimum Gasteiger partial charge on any atom is -0.461 e. The fourth-order valence-corrected chi connectivity index (χ4v) is 5.15. The fourth-order valence-electron chi connectivity index (χ4n) is 2.35. The first-order valence-electron chi connectivity index (χ1n) is 7.45. The van der Waals surface area contributed by atoms with E-state index in [0.717, 1.165) is 35.5 Å². The highest BCUT2D eigenvalue weighted by molar-refractivity contribution is 7.84. The zero-order valence-corrected chi connectivity index (χ0v) is 13.9. The Balaban J connectivity index is 1.75. The summed E-state index contributed by atoms with van der Waals surface area (Å²) in [4.78, 5) is 12.6. The molecule has 1 unspecified atom stereocenters. The molecule has 0 N–H and O–H groups in total. The minimum atomic E-state index is -1.01. The average Bonchev–Trinajstić information content (AvgIpc) is 2.96. The first-order chi connectivity index (χ1) is 10.1. The maximum absolute atomic E-state index is 14.0. The predicted octanol–water partition coefficient (Wildman–Crippen LogP) is 4.17. The zero-order chi connectivity index (χ0) is 15.2. The number of carbonyl (C=O) groups is 1. The van der Waals surface area contributed by atoms with Crippen molar-refractivity contribution >= 4 is 28.1 Å². The van der Waals surface area contributed by atoms with Crippen LogP contribution < -0.4 is 0 Å². The molecule has 0 aromatic carbocycles. The molecular formula is C15H21FO3S2. The van der Waals surface area contributed by atoms with Crippen LogP contribution in [0.4, 0.5) is 4.39 Å². The molecule has 1 aromatic heterocycles. The number of hydrogen-bond acceptors (Lipinski definition) is 4. The Labute approximate surface area is 131 Å². The van der Waals surface area contributed by atoms with Crippen LogP contribution in [-0.2, 0) is 27.0 Å². The molecule has 21 heavy (non-hydrogen) atoms. The van der Waals surface area contributed by atoms with Crippen molar-refractivity contribution in [3.05, 3.63) is 21.1 Å². The summed E-state index contributed by atoms with van der Waals surface area (Å²) in [5.74, 6) is -0.510. The second kappa shape index (κ2) is 8.03. The number of esters is 1. The maximum Gasteiger partial charge on any atom is 0.351 e. The molecule has 0 fully saturated rings. The van der Waals surface area contributed by atoms with E-state index in [-0.39, 0.29) is 10.6 Å². The largest absolute Gasteiger partial charge is 0.461 e. The van der Waals surface area contributed by atoms with Crippen molar-refractivity contribution in [1.82, 2.24) is 0 Å². The lowest BCUT2D eigenvalue weighted by atomic mass is 10.1. The molecule has 0 amide bonds. The summed E-state index contributed by atoms with van der Waals surface area (Å²) in [5.41, 5.74) is 0.449. The molecule has 2 rings (SSSR count). The van der Waals surface area contributed by atoms with Crippen LogP contribution in [-0.4, -0.2) is 16.8 Å². The van der Waals surface area contributed by atoms with E-state index in [4.69, 9.17) is 4.74 Å². The highest BCUT2D eigenvalue weighted by Gasteiger charge is 2.29. The molecule has 0 saturated carbocycles. The molecule has 3 nitrogen and oxygen atoms in total. The second-order valence-corrected chi connectivity index (χ2v) is 7.84. The van der Waals surface area contributed by atoms with Gasteiger partial charge in [-0.1, -0.05) is 39.0 Å². The lowest BCUT2D eigenvalue weighted by Crippen LogP contribution is -2.07. The number of fused-ring (bicyclic) bond motifs is 1. The van der Waals surface area contributed by atoms with Gasteiger partial charge in [0.1, 0.15) is 4.88 Å². The second-order valence-electron chi connectivity index (χ2n) is 5.28. The molecule has 0 radical (unpaired) electrons. The van der Waals surface area contributed by atoms with E-state index in [1.165, 1.54) is 19.3 Å². The molecule has 0 saturated heterocycles. The first-order valence-corrected chi connectivity index (χ1v) is 9.76. The third-order valence-corrected chi connectivity index (χ3v) is 6.13. The molecule has 0 aliphatic carbocycles.